The average Bonchev–Trinajstić information content (AvgIpc) is 3.40. The number of anilines is 1. The van der Waals surface area contributed by atoms with Crippen molar-refractivity contribution in [3.8, 4) is 11.4 Å². The van der Waals surface area contributed by atoms with Gasteiger partial charge in [0.15, 0.2) is 11.5 Å². The Morgan fingerprint density at radius 1 is 1.12 bits per heavy atom. The highest BCUT2D eigenvalue weighted by atomic mass is 32.1. The molecule has 0 amide bonds. The monoisotopic (exact) mass is 365 g/mol. The summed E-state index contributed by atoms with van der Waals surface area (Å²) in [6.07, 6.45) is 2.04. The molecule has 26 heavy (non-hydrogen) atoms. The molecular weight excluding hydrogens is 349 g/mol. The van der Waals surface area contributed by atoms with Crippen molar-refractivity contribution >= 4 is 22.8 Å². The van der Waals surface area contributed by atoms with Crippen molar-refractivity contribution in [2.45, 2.75) is 18.9 Å². The molecule has 5 nitrogen and oxygen atoms in total. The van der Waals surface area contributed by atoms with E-state index in [1.165, 1.54) is 6.07 Å². The van der Waals surface area contributed by atoms with Crippen LogP contribution in [-0.2, 0) is 0 Å². The van der Waals surface area contributed by atoms with Gasteiger partial charge in [-0.25, -0.2) is 4.39 Å². The Morgan fingerprint density at radius 2 is 2.08 bits per heavy atom. The molecule has 0 radical (unpaired) electrons. The Labute approximate surface area is 153 Å². The van der Waals surface area contributed by atoms with Crippen LogP contribution in [0, 0.1) is 5.82 Å². The predicted molar refractivity (Wildman–Crippen MR) is 99.8 cm³/mol. The van der Waals surface area contributed by atoms with Gasteiger partial charge in [-0.15, -0.1) is 15.3 Å². The van der Waals surface area contributed by atoms with E-state index in [4.69, 9.17) is 5.10 Å². The largest absolute Gasteiger partial charge is 0.348 e. The summed E-state index contributed by atoms with van der Waals surface area (Å²) in [5.41, 5.74) is 2.72. The van der Waals surface area contributed by atoms with E-state index >= 15 is 0 Å². The van der Waals surface area contributed by atoms with Crippen molar-refractivity contribution in [2.75, 3.05) is 11.4 Å². The molecule has 0 bridgehead atoms. The molecule has 1 aromatic carbocycles. The molecule has 1 aliphatic heterocycles. The van der Waals surface area contributed by atoms with Crippen LogP contribution >= 0.6 is 11.3 Å². The SMILES string of the molecule is Fc1cccc(C2CCCN2c2ccc3nnc(-c4ccsc4)n3n2)c1. The Hall–Kier alpha value is -2.80. The average molecular weight is 365 g/mol. The Morgan fingerprint density at radius 3 is 2.92 bits per heavy atom. The molecule has 5 rings (SSSR count). The topological polar surface area (TPSA) is 46.3 Å². The smallest absolute Gasteiger partial charge is 0.186 e. The van der Waals surface area contributed by atoms with Gasteiger partial charge in [-0.3, -0.25) is 0 Å². The molecule has 0 spiro atoms. The minimum Gasteiger partial charge on any atom is -0.348 e. The standard InChI is InChI=1S/C19H16FN5S/c20-15-4-1-3-13(11-15)16-5-2-9-24(16)18-7-6-17-21-22-19(25(17)23-18)14-8-10-26-12-14/h1,3-4,6-8,10-12,16H,2,5,9H2. The fraction of sp³-hybridized carbons (Fsp3) is 0.211. The first-order chi connectivity index (χ1) is 12.8. The lowest BCUT2D eigenvalue weighted by atomic mass is 10.0. The van der Waals surface area contributed by atoms with E-state index in [9.17, 15) is 4.39 Å². The van der Waals surface area contributed by atoms with Gasteiger partial charge in [0, 0.05) is 17.5 Å². The normalized spacial score (nSPS) is 17.3. The summed E-state index contributed by atoms with van der Waals surface area (Å²) >= 11 is 1.62. The molecule has 4 heterocycles. The first-order valence-electron chi connectivity index (χ1n) is 8.57. The highest BCUT2D eigenvalue weighted by Gasteiger charge is 2.28. The number of hydrogen-bond donors (Lipinski definition) is 0. The van der Waals surface area contributed by atoms with Crippen molar-refractivity contribution in [1.82, 2.24) is 19.8 Å². The van der Waals surface area contributed by atoms with Gasteiger partial charge in [0.1, 0.15) is 11.6 Å². The van der Waals surface area contributed by atoms with Gasteiger partial charge in [-0.1, -0.05) is 12.1 Å². The highest BCUT2D eigenvalue weighted by Crippen LogP contribution is 2.35. The number of fused-ring (bicyclic) bond motifs is 1. The lowest BCUT2D eigenvalue weighted by Crippen LogP contribution is -2.24. The van der Waals surface area contributed by atoms with Crippen LogP contribution in [0.1, 0.15) is 24.4 Å². The molecule has 1 aliphatic rings. The zero-order chi connectivity index (χ0) is 17.5. The molecule has 1 atom stereocenters. The van der Waals surface area contributed by atoms with E-state index in [-0.39, 0.29) is 11.9 Å². The molecule has 0 aliphatic carbocycles. The van der Waals surface area contributed by atoms with Crippen molar-refractivity contribution in [1.29, 1.82) is 0 Å². The molecule has 3 aromatic heterocycles. The van der Waals surface area contributed by atoms with Crippen molar-refractivity contribution in [3.63, 3.8) is 0 Å². The van der Waals surface area contributed by atoms with E-state index in [1.807, 2.05) is 35.0 Å². The predicted octanol–water partition coefficient (Wildman–Crippen LogP) is 4.33. The molecule has 1 unspecified atom stereocenters. The van der Waals surface area contributed by atoms with Gasteiger partial charge in [0.2, 0.25) is 0 Å². The highest BCUT2D eigenvalue weighted by molar-refractivity contribution is 7.08. The van der Waals surface area contributed by atoms with Crippen LogP contribution in [0.5, 0.6) is 0 Å². The second kappa shape index (κ2) is 6.17. The number of thiophene rings is 1. The minimum absolute atomic E-state index is 0.136. The molecule has 0 saturated carbocycles. The number of benzene rings is 1. The van der Waals surface area contributed by atoms with E-state index in [0.717, 1.165) is 47.8 Å². The van der Waals surface area contributed by atoms with Gasteiger partial charge in [-0.05, 0) is 54.1 Å². The molecule has 0 N–H and O–H groups in total. The quantitative estimate of drug-likeness (QED) is 0.542. The second-order valence-corrected chi connectivity index (χ2v) is 7.18. The summed E-state index contributed by atoms with van der Waals surface area (Å²) in [7, 11) is 0. The van der Waals surface area contributed by atoms with Gasteiger partial charge in [-0.2, -0.15) is 15.9 Å². The van der Waals surface area contributed by atoms with Crippen molar-refractivity contribution < 1.29 is 4.39 Å². The van der Waals surface area contributed by atoms with Crippen molar-refractivity contribution in [2.24, 2.45) is 0 Å². The van der Waals surface area contributed by atoms with E-state index in [1.54, 1.807) is 28.0 Å². The number of hydrogen-bond acceptors (Lipinski definition) is 5. The third-order valence-electron chi connectivity index (χ3n) is 4.81. The number of nitrogens with zero attached hydrogens (tertiary/aromatic N) is 5. The van der Waals surface area contributed by atoms with Gasteiger partial charge in [0.05, 0.1) is 6.04 Å². The summed E-state index contributed by atoms with van der Waals surface area (Å²) in [6.45, 7) is 0.898. The number of rotatable bonds is 3. The zero-order valence-corrected chi connectivity index (χ0v) is 14.7. The Balaban J connectivity index is 1.57. The number of halogens is 1. The van der Waals surface area contributed by atoms with E-state index in [2.05, 4.69) is 15.1 Å². The maximum Gasteiger partial charge on any atom is 0.186 e. The summed E-state index contributed by atoms with van der Waals surface area (Å²) < 4.78 is 15.5. The van der Waals surface area contributed by atoms with E-state index < -0.39 is 0 Å². The van der Waals surface area contributed by atoms with Crippen LogP contribution in [0.2, 0.25) is 0 Å². The van der Waals surface area contributed by atoms with Crippen LogP contribution in [-0.4, -0.2) is 26.4 Å². The lowest BCUT2D eigenvalue weighted by Gasteiger charge is -2.26. The number of aromatic nitrogens is 4. The third-order valence-corrected chi connectivity index (χ3v) is 5.49. The molecule has 1 saturated heterocycles. The maximum absolute atomic E-state index is 13.7. The van der Waals surface area contributed by atoms with Crippen LogP contribution in [0.3, 0.4) is 0 Å². The van der Waals surface area contributed by atoms with Crippen molar-refractivity contribution in [3.05, 3.63) is 64.6 Å². The van der Waals surface area contributed by atoms with Gasteiger partial charge in [0.25, 0.3) is 0 Å². The summed E-state index contributed by atoms with van der Waals surface area (Å²) in [5.74, 6) is 1.40. The summed E-state index contributed by atoms with van der Waals surface area (Å²) in [5, 5.41) is 17.4. The third kappa shape index (κ3) is 2.55. The Bertz CT molecular complexity index is 1060. The van der Waals surface area contributed by atoms with E-state index in [0.29, 0.717) is 0 Å². The molecule has 7 heteroatoms. The molecule has 4 aromatic rings. The van der Waals surface area contributed by atoms with Crippen LogP contribution in [0.15, 0.2) is 53.2 Å². The lowest BCUT2D eigenvalue weighted by molar-refractivity contribution is 0.617. The van der Waals surface area contributed by atoms with Crippen LogP contribution < -0.4 is 4.90 Å². The molecular formula is C19H16FN5S. The minimum atomic E-state index is -0.198. The molecule has 1 fully saturated rings. The zero-order valence-electron chi connectivity index (χ0n) is 13.9. The second-order valence-electron chi connectivity index (χ2n) is 6.40. The fourth-order valence-corrected chi connectivity index (χ4v) is 4.24. The summed E-state index contributed by atoms with van der Waals surface area (Å²) in [4.78, 5) is 2.24. The fourth-order valence-electron chi connectivity index (χ4n) is 3.61. The first kappa shape index (κ1) is 15.5. The van der Waals surface area contributed by atoms with Gasteiger partial charge < -0.3 is 4.90 Å². The first-order valence-corrected chi connectivity index (χ1v) is 9.51. The maximum atomic E-state index is 13.7. The summed E-state index contributed by atoms with van der Waals surface area (Å²) in [6, 6.07) is 12.9. The molecule has 130 valence electrons. The van der Waals surface area contributed by atoms with Crippen LogP contribution in [0.4, 0.5) is 10.2 Å². The van der Waals surface area contributed by atoms with Gasteiger partial charge >= 0.3 is 0 Å². The Kier molecular flexibility index (Phi) is 3.67. The van der Waals surface area contributed by atoms with Crippen LogP contribution in [0.25, 0.3) is 17.0 Å².